The van der Waals surface area contributed by atoms with Gasteiger partial charge in [-0.2, -0.15) is 17.7 Å². The van der Waals surface area contributed by atoms with Crippen molar-refractivity contribution in [3.05, 3.63) is 29.8 Å². The molecule has 0 bridgehead atoms. The maximum absolute atomic E-state index is 10.7. The smallest absolute Gasteiger partial charge is 0.485 e. The number of hydrogen-bond acceptors (Lipinski definition) is 4. The Morgan fingerprint density at radius 1 is 1.12 bits per heavy atom. The van der Waals surface area contributed by atoms with Crippen LogP contribution in [0.3, 0.4) is 0 Å². The second-order valence-corrected chi connectivity index (χ2v) is 7.46. The summed E-state index contributed by atoms with van der Waals surface area (Å²) >= 11 is 1.85. The Morgan fingerprint density at radius 3 is 2.29 bits per heavy atom. The molecule has 0 saturated carbocycles. The predicted molar refractivity (Wildman–Crippen MR) is 86.5 cm³/mol. The fourth-order valence-corrected chi connectivity index (χ4v) is 2.95. The molecule has 2 rings (SSSR count). The number of hydrogen-bond donors (Lipinski definition) is 0. The Kier molecular flexibility index (Phi) is 8.11. The van der Waals surface area contributed by atoms with Gasteiger partial charge in [-0.3, -0.25) is 0 Å². The Labute approximate surface area is 143 Å². The van der Waals surface area contributed by atoms with Crippen LogP contribution < -0.4 is 4.57 Å². The summed E-state index contributed by atoms with van der Waals surface area (Å²) in [5, 5.41) is 0. The van der Waals surface area contributed by atoms with Crippen LogP contribution in [0.4, 0.5) is 13.2 Å². The summed E-state index contributed by atoms with van der Waals surface area (Å²) in [6.45, 7) is 3.44. The van der Waals surface area contributed by atoms with E-state index in [1.165, 1.54) is 48.9 Å². The van der Waals surface area contributed by atoms with Crippen LogP contribution in [0.25, 0.3) is 10.2 Å². The summed E-state index contributed by atoms with van der Waals surface area (Å²) in [6, 6.07) is 8.67. The molecule has 1 heterocycles. The van der Waals surface area contributed by atoms with Gasteiger partial charge in [0.05, 0.1) is 0 Å². The molecular weight excluding hydrogens is 363 g/mol. The first-order chi connectivity index (χ1) is 11.2. The van der Waals surface area contributed by atoms with E-state index in [0.29, 0.717) is 0 Å². The van der Waals surface area contributed by atoms with E-state index in [-0.39, 0.29) is 0 Å². The molecule has 24 heavy (non-hydrogen) atoms. The fraction of sp³-hybridized carbons (Fsp3) is 0.533. The largest absolute Gasteiger partial charge is 0.741 e. The van der Waals surface area contributed by atoms with Crippen molar-refractivity contribution in [3.63, 3.8) is 0 Å². The van der Waals surface area contributed by atoms with E-state index >= 15 is 0 Å². The van der Waals surface area contributed by atoms with E-state index < -0.39 is 15.6 Å². The summed E-state index contributed by atoms with van der Waals surface area (Å²) in [5.41, 5.74) is -2.00. The molecule has 0 saturated heterocycles. The van der Waals surface area contributed by atoms with Gasteiger partial charge in [-0.05, 0) is 12.5 Å². The highest BCUT2D eigenvalue weighted by Crippen LogP contribution is 2.20. The van der Waals surface area contributed by atoms with E-state index in [4.69, 9.17) is 13.0 Å². The molecule has 0 aliphatic heterocycles. The van der Waals surface area contributed by atoms with Crippen LogP contribution in [-0.2, 0) is 16.7 Å². The molecule has 0 unspecified atom stereocenters. The van der Waals surface area contributed by atoms with Gasteiger partial charge in [-0.15, -0.1) is 0 Å². The SMILES string of the molecule is CCCCCCC[n+]1csc2ccccc21.O=S(=O)([O-])C(F)(F)F. The second-order valence-electron chi connectivity index (χ2n) is 5.20. The number of thiazole rings is 1. The molecule has 0 N–H and O–H groups in total. The minimum atomic E-state index is -6.09. The third-order valence-electron chi connectivity index (χ3n) is 3.27. The molecule has 0 radical (unpaired) electrons. The molecule has 9 heteroatoms. The van der Waals surface area contributed by atoms with Crippen LogP contribution in [0.5, 0.6) is 0 Å². The zero-order valence-electron chi connectivity index (χ0n) is 13.3. The third kappa shape index (κ3) is 6.74. The van der Waals surface area contributed by atoms with Gasteiger partial charge in [-0.25, -0.2) is 8.42 Å². The number of halogens is 3. The van der Waals surface area contributed by atoms with Crippen molar-refractivity contribution in [2.75, 3.05) is 0 Å². The highest BCUT2D eigenvalue weighted by Gasteiger charge is 2.36. The minimum Gasteiger partial charge on any atom is -0.741 e. The van der Waals surface area contributed by atoms with E-state index in [9.17, 15) is 13.2 Å². The van der Waals surface area contributed by atoms with Crippen molar-refractivity contribution in [2.45, 2.75) is 51.1 Å². The highest BCUT2D eigenvalue weighted by atomic mass is 32.2. The van der Waals surface area contributed by atoms with E-state index in [1.54, 1.807) is 0 Å². The fourth-order valence-electron chi connectivity index (χ4n) is 2.03. The number of alkyl halides is 3. The second kappa shape index (κ2) is 9.33. The molecule has 1 aromatic carbocycles. The Bertz CT molecular complexity index is 727. The Morgan fingerprint density at radius 2 is 1.71 bits per heavy atom. The number of nitrogens with zero attached hydrogens (tertiary/aromatic N) is 1. The molecule has 1 aromatic heterocycles. The zero-order valence-corrected chi connectivity index (χ0v) is 14.9. The average Bonchev–Trinajstić information content (AvgIpc) is 2.89. The van der Waals surface area contributed by atoms with E-state index in [0.717, 1.165) is 0 Å². The maximum atomic E-state index is 10.7. The van der Waals surface area contributed by atoms with Gasteiger partial charge in [0.2, 0.25) is 11.0 Å². The molecule has 2 aromatic rings. The van der Waals surface area contributed by atoms with Gasteiger partial charge < -0.3 is 4.55 Å². The molecule has 0 aliphatic rings. The lowest BCUT2D eigenvalue weighted by Crippen LogP contribution is -2.31. The van der Waals surface area contributed by atoms with Crippen molar-refractivity contribution < 1.29 is 30.7 Å². The van der Waals surface area contributed by atoms with E-state index in [1.807, 2.05) is 11.3 Å². The van der Waals surface area contributed by atoms with Crippen molar-refractivity contribution in [2.24, 2.45) is 0 Å². The number of aryl methyl sites for hydroxylation is 1. The molecule has 0 atom stereocenters. The molecule has 0 fully saturated rings. The Hall–Kier alpha value is -1.19. The van der Waals surface area contributed by atoms with Gasteiger partial charge in [-0.1, -0.05) is 49.7 Å². The molecule has 0 amide bonds. The van der Waals surface area contributed by atoms with E-state index in [2.05, 4.69) is 41.3 Å². The number of benzene rings is 1. The van der Waals surface area contributed by atoms with Crippen LogP contribution >= 0.6 is 11.3 Å². The van der Waals surface area contributed by atoms with Gasteiger partial charge in [0.15, 0.2) is 10.1 Å². The average molecular weight is 383 g/mol. The lowest BCUT2D eigenvalue weighted by Gasteiger charge is -2.08. The zero-order chi connectivity index (χ0) is 18.2. The molecular formula is C15H20F3NO3S2. The third-order valence-corrected chi connectivity index (χ3v) is 4.79. The Balaban J connectivity index is 0.000000307. The van der Waals surface area contributed by atoms with Crippen LogP contribution in [0.1, 0.15) is 39.0 Å². The maximum Gasteiger partial charge on any atom is 0.485 e. The number of aromatic nitrogens is 1. The van der Waals surface area contributed by atoms with Gasteiger partial charge in [0, 0.05) is 12.5 Å². The van der Waals surface area contributed by atoms with Gasteiger partial charge in [0.25, 0.3) is 0 Å². The van der Waals surface area contributed by atoms with Crippen molar-refractivity contribution >= 4 is 31.7 Å². The predicted octanol–water partition coefficient (Wildman–Crippen LogP) is 4.21. The lowest BCUT2D eigenvalue weighted by molar-refractivity contribution is -0.667. The molecule has 136 valence electrons. The summed E-state index contributed by atoms with van der Waals surface area (Å²) in [4.78, 5) is 0. The normalized spacial score (nSPS) is 12.0. The minimum absolute atomic E-state index is 1.17. The standard InChI is InChI=1S/C14H20NS.CHF3O3S/c1-2-3-4-5-8-11-15-12-16-14-10-7-6-9-13(14)15;2-1(3,4)8(5,6)7/h6-7,9-10,12H,2-5,8,11H2,1H3;(H,5,6,7)/q+1;/p-1. The number of fused-ring (bicyclic) bond motifs is 1. The summed E-state index contributed by atoms with van der Waals surface area (Å²) in [5.74, 6) is 0. The topological polar surface area (TPSA) is 61.1 Å². The monoisotopic (exact) mass is 383 g/mol. The first kappa shape index (κ1) is 20.9. The number of para-hydroxylation sites is 1. The van der Waals surface area contributed by atoms with Gasteiger partial charge >= 0.3 is 5.51 Å². The first-order valence-electron chi connectivity index (χ1n) is 7.54. The van der Waals surface area contributed by atoms with Crippen LogP contribution in [0.15, 0.2) is 29.8 Å². The summed E-state index contributed by atoms with van der Waals surface area (Å²) in [6.07, 6.45) is 6.78. The molecule has 0 spiro atoms. The molecule has 0 aliphatic carbocycles. The lowest BCUT2D eigenvalue weighted by atomic mass is 10.1. The van der Waals surface area contributed by atoms with Crippen molar-refractivity contribution in [1.29, 1.82) is 0 Å². The number of unbranched alkanes of at least 4 members (excludes halogenated alkanes) is 4. The number of rotatable bonds is 6. The molecule has 4 nitrogen and oxygen atoms in total. The summed E-state index contributed by atoms with van der Waals surface area (Å²) < 4.78 is 62.7. The highest BCUT2D eigenvalue weighted by molar-refractivity contribution is 7.86. The van der Waals surface area contributed by atoms with Crippen molar-refractivity contribution in [3.8, 4) is 0 Å². The van der Waals surface area contributed by atoms with Crippen LogP contribution in [-0.4, -0.2) is 18.5 Å². The quantitative estimate of drug-likeness (QED) is 0.325. The first-order valence-corrected chi connectivity index (χ1v) is 9.83. The van der Waals surface area contributed by atoms with Crippen LogP contribution in [0.2, 0.25) is 0 Å². The summed E-state index contributed by atoms with van der Waals surface area (Å²) in [7, 11) is -6.09. The van der Waals surface area contributed by atoms with Crippen molar-refractivity contribution in [1.82, 2.24) is 0 Å². The van der Waals surface area contributed by atoms with Gasteiger partial charge in [0.1, 0.15) is 11.2 Å². The van der Waals surface area contributed by atoms with Crippen LogP contribution in [0, 0.1) is 0 Å².